The van der Waals surface area contributed by atoms with Crippen LogP contribution in [0.15, 0.2) is 35.1 Å². The Labute approximate surface area is 150 Å². The van der Waals surface area contributed by atoms with E-state index in [1.165, 1.54) is 4.57 Å². The van der Waals surface area contributed by atoms with Gasteiger partial charge in [0.2, 0.25) is 0 Å². The lowest BCUT2D eigenvalue weighted by atomic mass is 10.1. The molecule has 1 aromatic carbocycles. The van der Waals surface area contributed by atoms with Gasteiger partial charge in [-0.3, -0.25) is 24.3 Å². The quantitative estimate of drug-likeness (QED) is 0.595. The standard InChI is InChI=1S/C18H20N4O4/c1-22(2,3)8-9-26-12-6-4-11(5-7-12)21-14(23)10-13-15(16(21)19)18(25)20-17(13)24/h4-7,10H,8-9H2,1-3H3,(H2-,19,20,23,24,25)/p+1. The molecule has 0 saturated carbocycles. The molecule has 1 aromatic heterocycles. The van der Waals surface area contributed by atoms with Crippen LogP contribution in [0.1, 0.15) is 20.7 Å². The number of carbonyl (C=O) groups excluding carboxylic acids is 2. The van der Waals surface area contributed by atoms with E-state index < -0.39 is 17.4 Å². The maximum Gasteiger partial charge on any atom is 0.262 e. The molecule has 3 N–H and O–H groups in total. The lowest BCUT2D eigenvalue weighted by molar-refractivity contribution is -0.870. The number of benzene rings is 1. The number of hydrogen-bond acceptors (Lipinski definition) is 5. The monoisotopic (exact) mass is 357 g/mol. The predicted molar refractivity (Wildman–Crippen MR) is 96.6 cm³/mol. The van der Waals surface area contributed by atoms with Gasteiger partial charge in [0.05, 0.1) is 38.0 Å². The summed E-state index contributed by atoms with van der Waals surface area (Å²) in [5.41, 5.74) is 6.04. The third kappa shape index (κ3) is 3.31. The van der Waals surface area contributed by atoms with Crippen molar-refractivity contribution in [2.75, 3.05) is 40.0 Å². The molecule has 2 heterocycles. The number of imide groups is 1. The zero-order valence-electron chi connectivity index (χ0n) is 14.9. The molecule has 8 nitrogen and oxygen atoms in total. The number of anilines is 1. The second kappa shape index (κ2) is 6.30. The third-order valence-electron chi connectivity index (χ3n) is 4.08. The molecule has 136 valence electrons. The highest BCUT2D eigenvalue weighted by molar-refractivity contribution is 6.23. The second-order valence-electron chi connectivity index (χ2n) is 7.13. The number of nitrogen functional groups attached to an aromatic ring is 1. The molecule has 2 aromatic rings. The van der Waals surface area contributed by atoms with Crippen molar-refractivity contribution in [1.82, 2.24) is 9.88 Å². The van der Waals surface area contributed by atoms with Crippen LogP contribution in [0.3, 0.4) is 0 Å². The van der Waals surface area contributed by atoms with E-state index in [9.17, 15) is 14.4 Å². The van der Waals surface area contributed by atoms with E-state index in [1.54, 1.807) is 24.3 Å². The Bertz CT molecular complexity index is 939. The van der Waals surface area contributed by atoms with Gasteiger partial charge >= 0.3 is 0 Å². The molecule has 0 fully saturated rings. The van der Waals surface area contributed by atoms with Crippen molar-refractivity contribution < 1.29 is 18.8 Å². The van der Waals surface area contributed by atoms with E-state index in [1.807, 2.05) is 0 Å². The van der Waals surface area contributed by atoms with Gasteiger partial charge in [-0.25, -0.2) is 0 Å². The minimum Gasteiger partial charge on any atom is -0.488 e. The molecule has 1 aliphatic heterocycles. The predicted octanol–water partition coefficient (Wildman–Crippen LogP) is 0.388. The molecular weight excluding hydrogens is 336 g/mol. The fourth-order valence-electron chi connectivity index (χ4n) is 2.67. The summed E-state index contributed by atoms with van der Waals surface area (Å²) in [7, 11) is 6.24. The summed E-state index contributed by atoms with van der Waals surface area (Å²) in [5.74, 6) is -0.601. The highest BCUT2D eigenvalue weighted by Crippen LogP contribution is 2.23. The van der Waals surface area contributed by atoms with E-state index in [2.05, 4.69) is 26.5 Å². The minimum absolute atomic E-state index is 0.00834. The van der Waals surface area contributed by atoms with Crippen LogP contribution < -0.4 is 21.3 Å². The molecule has 0 spiro atoms. The van der Waals surface area contributed by atoms with Gasteiger partial charge in [0.1, 0.15) is 24.7 Å². The zero-order valence-corrected chi connectivity index (χ0v) is 14.9. The first-order chi connectivity index (χ1) is 12.2. The van der Waals surface area contributed by atoms with Crippen molar-refractivity contribution in [2.24, 2.45) is 0 Å². The van der Waals surface area contributed by atoms with Crippen molar-refractivity contribution in [2.45, 2.75) is 0 Å². The van der Waals surface area contributed by atoms with Crippen molar-refractivity contribution in [3.8, 4) is 11.4 Å². The maximum atomic E-state index is 12.4. The number of ether oxygens (including phenoxy) is 1. The summed E-state index contributed by atoms with van der Waals surface area (Å²) in [6.45, 7) is 1.41. The number of quaternary nitrogens is 1. The molecule has 0 bridgehead atoms. The summed E-state index contributed by atoms with van der Waals surface area (Å²) < 4.78 is 7.69. The zero-order chi connectivity index (χ0) is 19.1. The van der Waals surface area contributed by atoms with Crippen LogP contribution in [0, 0.1) is 0 Å². The molecule has 0 unspecified atom stereocenters. The number of amides is 2. The molecule has 3 rings (SSSR count). The van der Waals surface area contributed by atoms with Gasteiger partial charge in [0, 0.05) is 6.07 Å². The van der Waals surface area contributed by atoms with Gasteiger partial charge in [0.15, 0.2) is 0 Å². The number of nitrogens with two attached hydrogens (primary N) is 1. The van der Waals surface area contributed by atoms with E-state index in [-0.39, 0.29) is 16.9 Å². The number of likely N-dealkylation sites (N-methyl/N-ethyl adjacent to an activating group) is 1. The molecule has 26 heavy (non-hydrogen) atoms. The Balaban J connectivity index is 1.89. The Hall–Kier alpha value is -3.13. The summed E-state index contributed by atoms with van der Waals surface area (Å²) >= 11 is 0. The molecule has 2 amide bonds. The van der Waals surface area contributed by atoms with Gasteiger partial charge in [-0.2, -0.15) is 0 Å². The first kappa shape index (κ1) is 17.7. The van der Waals surface area contributed by atoms with E-state index in [0.29, 0.717) is 18.0 Å². The van der Waals surface area contributed by atoms with Crippen LogP contribution in [-0.2, 0) is 0 Å². The average molecular weight is 357 g/mol. The summed E-state index contributed by atoms with van der Waals surface area (Å²) in [6, 6.07) is 7.95. The number of aromatic nitrogens is 1. The van der Waals surface area contributed by atoms with Gasteiger partial charge < -0.3 is 15.0 Å². The van der Waals surface area contributed by atoms with E-state index >= 15 is 0 Å². The van der Waals surface area contributed by atoms with Crippen LogP contribution in [0.2, 0.25) is 0 Å². The number of pyridine rings is 1. The van der Waals surface area contributed by atoms with Crippen LogP contribution in [0.4, 0.5) is 5.82 Å². The molecule has 0 aliphatic carbocycles. The van der Waals surface area contributed by atoms with Gasteiger partial charge in [0.25, 0.3) is 17.4 Å². The van der Waals surface area contributed by atoms with Crippen molar-refractivity contribution in [3.05, 3.63) is 51.8 Å². The SMILES string of the molecule is C[N+](C)(C)CCOc1ccc(-n2c(N)c3c(cc2=O)C(=O)NC3=O)cc1. The normalized spacial score (nSPS) is 13.5. The first-order valence-electron chi connectivity index (χ1n) is 8.12. The van der Waals surface area contributed by atoms with E-state index in [0.717, 1.165) is 17.1 Å². The topological polar surface area (TPSA) is 103 Å². The fourth-order valence-corrected chi connectivity index (χ4v) is 2.67. The number of nitrogens with zero attached hydrogens (tertiary/aromatic N) is 2. The fraction of sp³-hybridized carbons (Fsp3) is 0.278. The van der Waals surface area contributed by atoms with Crippen LogP contribution in [0.5, 0.6) is 5.75 Å². The summed E-state index contributed by atoms with van der Waals surface area (Å²) in [6.07, 6.45) is 0. The van der Waals surface area contributed by atoms with Crippen molar-refractivity contribution in [3.63, 3.8) is 0 Å². The Morgan fingerprint density at radius 2 is 1.73 bits per heavy atom. The molecule has 0 saturated heterocycles. The Morgan fingerprint density at radius 1 is 1.08 bits per heavy atom. The van der Waals surface area contributed by atoms with Gasteiger partial charge in [-0.1, -0.05) is 0 Å². The molecule has 0 radical (unpaired) electrons. The number of carbonyl (C=O) groups is 2. The molecular formula is C18H21N4O4+. The van der Waals surface area contributed by atoms with Crippen LogP contribution >= 0.6 is 0 Å². The number of fused-ring (bicyclic) bond motifs is 1. The van der Waals surface area contributed by atoms with Crippen molar-refractivity contribution >= 4 is 17.6 Å². The van der Waals surface area contributed by atoms with Gasteiger partial charge in [-0.15, -0.1) is 0 Å². The lowest BCUT2D eigenvalue weighted by Gasteiger charge is -2.23. The van der Waals surface area contributed by atoms with Crippen LogP contribution in [0.25, 0.3) is 5.69 Å². The largest absolute Gasteiger partial charge is 0.488 e. The summed E-state index contributed by atoms with van der Waals surface area (Å²) in [4.78, 5) is 36.0. The lowest BCUT2D eigenvalue weighted by Crippen LogP contribution is -2.38. The highest BCUT2D eigenvalue weighted by atomic mass is 16.5. The average Bonchev–Trinajstić information content (AvgIpc) is 2.82. The highest BCUT2D eigenvalue weighted by Gasteiger charge is 2.31. The molecule has 1 aliphatic rings. The van der Waals surface area contributed by atoms with Crippen molar-refractivity contribution in [1.29, 1.82) is 0 Å². The maximum absolute atomic E-state index is 12.4. The Kier molecular flexibility index (Phi) is 4.29. The minimum atomic E-state index is -0.609. The smallest absolute Gasteiger partial charge is 0.262 e. The molecule has 0 atom stereocenters. The number of hydrogen-bond donors (Lipinski definition) is 2. The van der Waals surface area contributed by atoms with E-state index in [4.69, 9.17) is 10.5 Å². The first-order valence-corrected chi connectivity index (χ1v) is 8.12. The molecule has 8 heteroatoms. The number of rotatable bonds is 5. The Morgan fingerprint density at radius 3 is 2.35 bits per heavy atom. The van der Waals surface area contributed by atoms with Crippen LogP contribution in [-0.4, -0.2) is 55.2 Å². The summed E-state index contributed by atoms with van der Waals surface area (Å²) in [5, 5.41) is 2.14. The number of nitrogens with one attached hydrogen (secondary N) is 1. The third-order valence-corrected chi connectivity index (χ3v) is 4.08. The van der Waals surface area contributed by atoms with Gasteiger partial charge in [-0.05, 0) is 24.3 Å². The second-order valence-corrected chi connectivity index (χ2v) is 7.13.